The van der Waals surface area contributed by atoms with Crippen LogP contribution in [0.3, 0.4) is 0 Å². The lowest BCUT2D eigenvalue weighted by Crippen LogP contribution is -2.70. The molecule has 3 rings (SSSR count). The highest BCUT2D eigenvalue weighted by Crippen LogP contribution is 2.36. The SMILES string of the molecule is C=C1N[C@H]2[C@@H](CO)NC(=C)N3CC=C[C@]23N1. The number of hydrogen-bond donors (Lipinski definition) is 4. The van der Waals surface area contributed by atoms with Crippen LogP contribution in [0.15, 0.2) is 37.0 Å². The van der Waals surface area contributed by atoms with Crippen molar-refractivity contribution in [3.05, 3.63) is 37.0 Å². The molecule has 1 spiro atoms. The predicted octanol–water partition coefficient (Wildman–Crippen LogP) is -0.978. The van der Waals surface area contributed by atoms with Crippen LogP contribution in [0.4, 0.5) is 0 Å². The van der Waals surface area contributed by atoms with Crippen molar-refractivity contribution in [1.29, 1.82) is 0 Å². The van der Waals surface area contributed by atoms with Crippen molar-refractivity contribution in [1.82, 2.24) is 20.9 Å². The summed E-state index contributed by atoms with van der Waals surface area (Å²) >= 11 is 0. The quantitative estimate of drug-likeness (QED) is 0.428. The molecule has 3 heterocycles. The molecule has 0 amide bonds. The molecule has 0 aromatic heterocycles. The van der Waals surface area contributed by atoms with Crippen LogP contribution in [-0.2, 0) is 0 Å². The Morgan fingerprint density at radius 3 is 3.06 bits per heavy atom. The lowest BCUT2D eigenvalue weighted by Gasteiger charge is -2.48. The lowest BCUT2D eigenvalue weighted by molar-refractivity contribution is 0.0760. The first kappa shape index (κ1) is 9.59. The van der Waals surface area contributed by atoms with Crippen LogP contribution in [-0.4, -0.2) is 40.9 Å². The Labute approximate surface area is 94.5 Å². The van der Waals surface area contributed by atoms with Gasteiger partial charge in [0.05, 0.1) is 30.3 Å². The van der Waals surface area contributed by atoms with Gasteiger partial charge in [-0.2, -0.15) is 0 Å². The smallest absolute Gasteiger partial charge is 0.155 e. The van der Waals surface area contributed by atoms with Gasteiger partial charge in [0.2, 0.25) is 0 Å². The number of aliphatic hydroxyl groups excluding tert-OH is 1. The number of aliphatic hydroxyl groups is 1. The number of nitrogens with one attached hydrogen (secondary N) is 3. The summed E-state index contributed by atoms with van der Waals surface area (Å²) in [5.74, 6) is 1.63. The second-order valence-corrected chi connectivity index (χ2v) is 4.44. The molecule has 5 nitrogen and oxygen atoms in total. The average molecular weight is 220 g/mol. The summed E-state index contributed by atoms with van der Waals surface area (Å²) in [6, 6.07) is 0.00694. The van der Waals surface area contributed by atoms with Crippen molar-refractivity contribution in [2.24, 2.45) is 0 Å². The Bertz CT molecular complexity index is 391. The van der Waals surface area contributed by atoms with E-state index in [1.165, 1.54) is 0 Å². The van der Waals surface area contributed by atoms with Gasteiger partial charge in [0.15, 0.2) is 5.66 Å². The van der Waals surface area contributed by atoms with E-state index in [9.17, 15) is 5.11 Å². The van der Waals surface area contributed by atoms with Crippen molar-refractivity contribution >= 4 is 0 Å². The van der Waals surface area contributed by atoms with E-state index in [1.54, 1.807) is 0 Å². The molecule has 0 bridgehead atoms. The molecule has 3 aliphatic rings. The molecule has 0 aliphatic carbocycles. The molecule has 2 saturated heterocycles. The summed E-state index contributed by atoms with van der Waals surface area (Å²) in [4.78, 5) is 2.15. The monoisotopic (exact) mass is 220 g/mol. The number of rotatable bonds is 1. The maximum atomic E-state index is 9.42. The summed E-state index contributed by atoms with van der Waals surface area (Å²) in [5.41, 5.74) is -0.313. The molecule has 2 fully saturated rings. The van der Waals surface area contributed by atoms with Crippen molar-refractivity contribution in [3.63, 3.8) is 0 Å². The van der Waals surface area contributed by atoms with Crippen LogP contribution in [0, 0.1) is 0 Å². The van der Waals surface area contributed by atoms with Gasteiger partial charge in [0.1, 0.15) is 0 Å². The zero-order valence-corrected chi connectivity index (χ0v) is 9.03. The van der Waals surface area contributed by atoms with E-state index in [4.69, 9.17) is 0 Å². The van der Waals surface area contributed by atoms with Crippen molar-refractivity contribution in [2.75, 3.05) is 13.2 Å². The van der Waals surface area contributed by atoms with Gasteiger partial charge in [0.25, 0.3) is 0 Å². The van der Waals surface area contributed by atoms with E-state index in [0.717, 1.165) is 18.2 Å². The predicted molar refractivity (Wildman–Crippen MR) is 60.9 cm³/mol. The highest BCUT2D eigenvalue weighted by Gasteiger charge is 2.55. The van der Waals surface area contributed by atoms with E-state index in [2.05, 4.69) is 46.2 Å². The minimum Gasteiger partial charge on any atom is -0.394 e. The Kier molecular flexibility index (Phi) is 1.77. The molecule has 86 valence electrons. The molecule has 16 heavy (non-hydrogen) atoms. The zero-order valence-electron chi connectivity index (χ0n) is 9.03. The van der Waals surface area contributed by atoms with Crippen LogP contribution in [0.25, 0.3) is 0 Å². The molecule has 5 heteroatoms. The van der Waals surface area contributed by atoms with E-state index < -0.39 is 0 Å². The summed E-state index contributed by atoms with van der Waals surface area (Å²) < 4.78 is 0. The van der Waals surface area contributed by atoms with Gasteiger partial charge in [-0.3, -0.25) is 0 Å². The Hall–Kier alpha value is -1.62. The van der Waals surface area contributed by atoms with E-state index in [-0.39, 0.29) is 24.4 Å². The Morgan fingerprint density at radius 2 is 2.31 bits per heavy atom. The summed E-state index contributed by atoms with van der Waals surface area (Å²) in [6.45, 7) is 8.79. The second-order valence-electron chi connectivity index (χ2n) is 4.44. The maximum absolute atomic E-state index is 9.42. The Morgan fingerprint density at radius 1 is 1.50 bits per heavy atom. The fourth-order valence-electron chi connectivity index (χ4n) is 2.88. The molecule has 3 aliphatic heterocycles. The van der Waals surface area contributed by atoms with Gasteiger partial charge in [-0.1, -0.05) is 19.2 Å². The average Bonchev–Trinajstić information content (AvgIpc) is 2.80. The zero-order chi connectivity index (χ0) is 11.3. The van der Waals surface area contributed by atoms with Gasteiger partial charge < -0.3 is 26.0 Å². The topological polar surface area (TPSA) is 59.6 Å². The van der Waals surface area contributed by atoms with Crippen LogP contribution < -0.4 is 16.0 Å². The molecule has 0 aromatic carbocycles. The van der Waals surface area contributed by atoms with Crippen LogP contribution >= 0.6 is 0 Å². The largest absolute Gasteiger partial charge is 0.394 e. The van der Waals surface area contributed by atoms with Crippen molar-refractivity contribution < 1.29 is 5.11 Å². The Balaban J connectivity index is 2.04. The van der Waals surface area contributed by atoms with Gasteiger partial charge in [0, 0.05) is 6.54 Å². The van der Waals surface area contributed by atoms with Crippen LogP contribution in [0.1, 0.15) is 0 Å². The number of hydrogen-bond acceptors (Lipinski definition) is 5. The van der Waals surface area contributed by atoms with E-state index in [0.29, 0.717) is 0 Å². The summed E-state index contributed by atoms with van der Waals surface area (Å²) in [7, 11) is 0. The van der Waals surface area contributed by atoms with Crippen LogP contribution in [0.5, 0.6) is 0 Å². The van der Waals surface area contributed by atoms with Gasteiger partial charge in [-0.05, 0) is 6.08 Å². The third-order valence-electron chi connectivity index (χ3n) is 3.54. The third-order valence-corrected chi connectivity index (χ3v) is 3.54. The lowest BCUT2D eigenvalue weighted by atomic mass is 9.92. The first-order chi connectivity index (χ1) is 7.67. The summed E-state index contributed by atoms with van der Waals surface area (Å²) in [5, 5.41) is 19.3. The second kappa shape index (κ2) is 2.95. The molecule has 0 aromatic rings. The molecule has 3 atom stereocenters. The van der Waals surface area contributed by atoms with Gasteiger partial charge in [-0.25, -0.2) is 0 Å². The molecule has 4 N–H and O–H groups in total. The number of nitrogens with zero attached hydrogens (tertiary/aromatic N) is 1. The van der Waals surface area contributed by atoms with E-state index in [1.807, 2.05) is 0 Å². The highest BCUT2D eigenvalue weighted by atomic mass is 16.3. The standard InChI is InChI=1S/C11H16N4O/c1-7-12-10-9(6-16)13-8(2)15-5-3-4-11(10,15)14-7/h3-4,9-10,12-14,16H,1-2,5-6H2/t9-,10+,11-/m1/s1. The fraction of sp³-hybridized carbons (Fsp3) is 0.455. The molecule has 0 unspecified atom stereocenters. The first-order valence-electron chi connectivity index (χ1n) is 5.42. The van der Waals surface area contributed by atoms with Crippen LogP contribution in [0.2, 0.25) is 0 Å². The molecule has 0 saturated carbocycles. The molecular weight excluding hydrogens is 204 g/mol. The third kappa shape index (κ3) is 0.983. The van der Waals surface area contributed by atoms with Gasteiger partial charge >= 0.3 is 0 Å². The maximum Gasteiger partial charge on any atom is 0.155 e. The van der Waals surface area contributed by atoms with Crippen molar-refractivity contribution in [3.8, 4) is 0 Å². The minimum absolute atomic E-state index is 0.0572. The molecule has 0 radical (unpaired) electrons. The summed E-state index contributed by atoms with van der Waals surface area (Å²) in [6.07, 6.45) is 4.23. The molecular formula is C11H16N4O. The van der Waals surface area contributed by atoms with E-state index >= 15 is 0 Å². The normalized spacial score (nSPS) is 39.9. The van der Waals surface area contributed by atoms with Gasteiger partial charge in [-0.15, -0.1) is 0 Å². The fourth-order valence-corrected chi connectivity index (χ4v) is 2.88. The minimum atomic E-state index is -0.313. The first-order valence-corrected chi connectivity index (χ1v) is 5.42. The highest BCUT2D eigenvalue weighted by molar-refractivity contribution is 5.34. The van der Waals surface area contributed by atoms with Crippen molar-refractivity contribution in [2.45, 2.75) is 17.7 Å².